The van der Waals surface area contributed by atoms with Crippen LogP contribution in [0.3, 0.4) is 0 Å². The molecule has 29 heavy (non-hydrogen) atoms. The van der Waals surface area contributed by atoms with Crippen LogP contribution in [0.2, 0.25) is 0 Å². The van der Waals surface area contributed by atoms with Gasteiger partial charge in [0.2, 0.25) is 11.7 Å². The first-order valence-electron chi connectivity index (χ1n) is 9.65. The number of rotatable bonds is 6. The Kier molecular flexibility index (Phi) is 5.12. The molecule has 148 valence electrons. The Hall–Kier alpha value is -3.48. The largest absolute Gasteiger partial charge is 0.459 e. The number of hydrogen-bond donors (Lipinski definition) is 1. The highest BCUT2D eigenvalue weighted by molar-refractivity contribution is 5.79. The summed E-state index contributed by atoms with van der Waals surface area (Å²) >= 11 is 0. The van der Waals surface area contributed by atoms with Gasteiger partial charge in [0, 0.05) is 10.9 Å². The Morgan fingerprint density at radius 1 is 1.10 bits per heavy atom. The molecule has 0 aliphatic rings. The number of carbonyl (C=O) groups excluding carboxylic acids is 1. The monoisotopic (exact) mass is 389 g/mol. The zero-order valence-electron chi connectivity index (χ0n) is 16.7. The third-order valence-electron chi connectivity index (χ3n) is 4.82. The van der Waals surface area contributed by atoms with Crippen LogP contribution in [0.5, 0.6) is 0 Å². The van der Waals surface area contributed by atoms with E-state index in [0.29, 0.717) is 17.5 Å². The average Bonchev–Trinajstić information content (AvgIpc) is 3.35. The van der Waals surface area contributed by atoms with E-state index in [-0.39, 0.29) is 18.5 Å². The summed E-state index contributed by atoms with van der Waals surface area (Å²) in [4.78, 5) is 13.7. The second kappa shape index (κ2) is 7.87. The van der Waals surface area contributed by atoms with Crippen molar-refractivity contribution in [2.45, 2.75) is 39.3 Å². The molecule has 0 aliphatic heterocycles. The molecule has 2 aromatic carbocycles. The molecule has 0 radical (unpaired) electrons. The van der Waals surface area contributed by atoms with Crippen LogP contribution < -0.4 is 5.32 Å². The number of hydrogen-bond acceptors (Lipinski definition) is 5. The van der Waals surface area contributed by atoms with Crippen molar-refractivity contribution >= 4 is 16.9 Å². The van der Waals surface area contributed by atoms with Gasteiger partial charge in [0.15, 0.2) is 0 Å². The van der Waals surface area contributed by atoms with Gasteiger partial charge in [0.1, 0.15) is 17.9 Å². The van der Waals surface area contributed by atoms with Gasteiger partial charge in [-0.05, 0) is 35.8 Å². The third-order valence-corrected chi connectivity index (χ3v) is 4.82. The highest BCUT2D eigenvalue weighted by Crippen LogP contribution is 2.23. The third kappa shape index (κ3) is 4.18. The number of aromatic nitrogens is 4. The molecule has 0 fully saturated rings. The number of nitrogens with zero attached hydrogens (tertiary/aromatic N) is 4. The quantitative estimate of drug-likeness (QED) is 0.537. The Bertz CT molecular complexity index is 1090. The summed E-state index contributed by atoms with van der Waals surface area (Å²) in [5.74, 6) is 1.46. The average molecular weight is 389 g/mol. The topological polar surface area (TPSA) is 85.8 Å². The van der Waals surface area contributed by atoms with Crippen LogP contribution in [-0.4, -0.2) is 26.1 Å². The molecular formula is C22H23N5O2. The van der Waals surface area contributed by atoms with E-state index in [1.165, 1.54) is 10.4 Å². The molecule has 2 heterocycles. The van der Waals surface area contributed by atoms with E-state index < -0.39 is 0 Å². The smallest absolute Gasteiger partial charge is 0.244 e. The van der Waals surface area contributed by atoms with Crippen LogP contribution >= 0.6 is 0 Å². The van der Waals surface area contributed by atoms with Crippen molar-refractivity contribution in [1.29, 1.82) is 0 Å². The van der Waals surface area contributed by atoms with Gasteiger partial charge < -0.3 is 9.73 Å². The zero-order chi connectivity index (χ0) is 20.4. The molecule has 4 rings (SSSR count). The Morgan fingerprint density at radius 3 is 2.59 bits per heavy atom. The van der Waals surface area contributed by atoms with Gasteiger partial charge in [-0.15, -0.1) is 10.2 Å². The first-order chi connectivity index (χ1) is 14.0. The summed E-state index contributed by atoms with van der Waals surface area (Å²) in [5, 5.41) is 16.3. The van der Waals surface area contributed by atoms with E-state index in [2.05, 4.69) is 46.7 Å². The summed E-state index contributed by atoms with van der Waals surface area (Å²) < 4.78 is 5.80. The molecule has 1 amide bonds. The molecular weight excluding hydrogens is 366 g/mol. The molecule has 0 saturated heterocycles. The van der Waals surface area contributed by atoms with E-state index in [4.69, 9.17) is 4.42 Å². The molecule has 2 aromatic heterocycles. The number of fused-ring (bicyclic) bond motifs is 1. The predicted octanol–water partition coefficient (Wildman–Crippen LogP) is 4.09. The number of furan rings is 1. The zero-order valence-corrected chi connectivity index (χ0v) is 16.7. The highest BCUT2D eigenvalue weighted by Gasteiger charge is 2.16. The lowest BCUT2D eigenvalue weighted by molar-refractivity contribution is -0.122. The number of carbonyl (C=O) groups is 1. The van der Waals surface area contributed by atoms with Gasteiger partial charge in [-0.25, -0.2) is 0 Å². The molecule has 4 aromatic rings. The first-order valence-corrected chi connectivity index (χ1v) is 9.65. The SMILES string of the molecule is CC(C)c1ccc(-c2nnn(CC(=O)N[C@@H](C)c3cc4ccccc4o3)n2)cc1. The number of para-hydroxylation sites is 1. The molecule has 1 N–H and O–H groups in total. The number of tetrazole rings is 1. The highest BCUT2D eigenvalue weighted by atomic mass is 16.3. The van der Waals surface area contributed by atoms with Gasteiger partial charge in [-0.2, -0.15) is 4.80 Å². The first kappa shape index (κ1) is 18.9. The molecule has 0 aliphatic carbocycles. The number of amides is 1. The minimum atomic E-state index is -0.263. The van der Waals surface area contributed by atoms with E-state index >= 15 is 0 Å². The maximum absolute atomic E-state index is 12.4. The summed E-state index contributed by atoms with van der Waals surface area (Å²) in [7, 11) is 0. The maximum atomic E-state index is 12.4. The van der Waals surface area contributed by atoms with Gasteiger partial charge in [0.25, 0.3) is 0 Å². The maximum Gasteiger partial charge on any atom is 0.244 e. The fraction of sp³-hybridized carbons (Fsp3) is 0.273. The van der Waals surface area contributed by atoms with Crippen LogP contribution in [-0.2, 0) is 11.3 Å². The van der Waals surface area contributed by atoms with Crippen LogP contribution in [0.25, 0.3) is 22.4 Å². The number of benzene rings is 2. The minimum Gasteiger partial charge on any atom is -0.459 e. The summed E-state index contributed by atoms with van der Waals surface area (Å²) in [6.45, 7) is 6.16. The van der Waals surface area contributed by atoms with Gasteiger partial charge >= 0.3 is 0 Å². The summed E-state index contributed by atoms with van der Waals surface area (Å²) in [6, 6.07) is 17.5. The standard InChI is InChI=1S/C22H23N5O2/c1-14(2)16-8-10-17(11-9-16)22-24-26-27(25-22)13-21(28)23-15(3)20-12-18-6-4-5-7-19(18)29-20/h4-12,14-15H,13H2,1-3H3,(H,23,28)/t15-/m0/s1. The van der Waals surface area contributed by atoms with Crippen LogP contribution in [0.15, 0.2) is 59.0 Å². The second-order valence-electron chi connectivity index (χ2n) is 7.40. The molecule has 1 atom stereocenters. The van der Waals surface area contributed by atoms with Crippen molar-refractivity contribution in [2.75, 3.05) is 0 Å². The number of nitrogens with one attached hydrogen (secondary N) is 1. The van der Waals surface area contributed by atoms with Crippen molar-refractivity contribution in [3.05, 3.63) is 65.9 Å². The Balaban J connectivity index is 1.39. The molecule has 0 spiro atoms. The molecule has 0 bridgehead atoms. The van der Waals surface area contributed by atoms with Gasteiger partial charge in [-0.1, -0.05) is 56.3 Å². The van der Waals surface area contributed by atoms with Crippen LogP contribution in [0, 0.1) is 0 Å². The van der Waals surface area contributed by atoms with Crippen LogP contribution in [0.1, 0.15) is 44.1 Å². The second-order valence-corrected chi connectivity index (χ2v) is 7.40. The van der Waals surface area contributed by atoms with E-state index in [1.807, 2.05) is 49.4 Å². The normalized spacial score (nSPS) is 12.4. The Labute approximate surface area is 168 Å². The predicted molar refractivity (Wildman–Crippen MR) is 110 cm³/mol. The Morgan fingerprint density at radius 2 is 1.86 bits per heavy atom. The van der Waals surface area contributed by atoms with Crippen LogP contribution in [0.4, 0.5) is 0 Å². The van der Waals surface area contributed by atoms with E-state index in [9.17, 15) is 4.79 Å². The van der Waals surface area contributed by atoms with Crippen molar-refractivity contribution in [2.24, 2.45) is 0 Å². The van der Waals surface area contributed by atoms with Gasteiger partial charge in [-0.3, -0.25) is 4.79 Å². The molecule has 7 nitrogen and oxygen atoms in total. The van der Waals surface area contributed by atoms with E-state index in [0.717, 1.165) is 16.5 Å². The summed E-state index contributed by atoms with van der Waals surface area (Å²) in [5.41, 5.74) is 2.92. The van der Waals surface area contributed by atoms with Crippen molar-refractivity contribution in [3.8, 4) is 11.4 Å². The minimum absolute atomic E-state index is 0.0123. The van der Waals surface area contributed by atoms with Crippen molar-refractivity contribution in [1.82, 2.24) is 25.5 Å². The lowest BCUT2D eigenvalue weighted by Crippen LogP contribution is -2.30. The fourth-order valence-electron chi connectivity index (χ4n) is 3.15. The molecule has 0 unspecified atom stereocenters. The van der Waals surface area contributed by atoms with Crippen molar-refractivity contribution < 1.29 is 9.21 Å². The van der Waals surface area contributed by atoms with E-state index in [1.54, 1.807) is 0 Å². The lowest BCUT2D eigenvalue weighted by atomic mass is 10.0. The van der Waals surface area contributed by atoms with Gasteiger partial charge in [0.05, 0.1) is 6.04 Å². The summed E-state index contributed by atoms with van der Waals surface area (Å²) in [6.07, 6.45) is 0. The molecule has 7 heteroatoms. The lowest BCUT2D eigenvalue weighted by Gasteiger charge is -2.10. The fourth-order valence-corrected chi connectivity index (χ4v) is 3.15. The van der Waals surface area contributed by atoms with Crippen molar-refractivity contribution in [3.63, 3.8) is 0 Å². The molecule has 0 saturated carbocycles.